The highest BCUT2D eigenvalue weighted by Crippen LogP contribution is 2.33. The Balaban J connectivity index is 1.92. The first-order valence-corrected chi connectivity index (χ1v) is 13.2. The van der Waals surface area contributed by atoms with Gasteiger partial charge in [-0.05, 0) is 71.6 Å². The number of nitrogens with zero attached hydrogens (tertiary/aromatic N) is 2. The molecule has 2 aromatic rings. The van der Waals surface area contributed by atoms with Crippen molar-refractivity contribution in [3.8, 4) is 0 Å². The van der Waals surface area contributed by atoms with Gasteiger partial charge in [-0.25, -0.2) is 13.2 Å². The highest BCUT2D eigenvalue weighted by Gasteiger charge is 2.39. The Bertz CT molecular complexity index is 1200. The standard InChI is InChI=1S/C25H35N3O5S/c1-7-28-18(5)22(25(30)33-8-2)23(19(28)6)34(31,32)27-13-9-10-20(15-27)24(29)26-21-14-16(3)11-12-17(21)4/h11-12,14,20H,7-10,13,15H2,1-6H3,(H,26,29). The Kier molecular flexibility index (Phi) is 7.88. The fourth-order valence-electron chi connectivity index (χ4n) is 4.70. The zero-order chi connectivity index (χ0) is 25.2. The maximum atomic E-state index is 13.8. The van der Waals surface area contributed by atoms with Crippen LogP contribution in [0, 0.1) is 33.6 Å². The molecule has 2 heterocycles. The van der Waals surface area contributed by atoms with Crippen LogP contribution in [0.5, 0.6) is 0 Å². The van der Waals surface area contributed by atoms with E-state index in [2.05, 4.69) is 5.32 Å². The Morgan fingerprint density at radius 1 is 1.12 bits per heavy atom. The van der Waals surface area contributed by atoms with Crippen LogP contribution in [0.15, 0.2) is 23.1 Å². The van der Waals surface area contributed by atoms with Gasteiger partial charge in [-0.3, -0.25) is 4.79 Å². The number of piperidine rings is 1. The quantitative estimate of drug-likeness (QED) is 0.594. The molecule has 1 aromatic heterocycles. The summed E-state index contributed by atoms with van der Waals surface area (Å²) in [7, 11) is -4.02. The molecule has 1 amide bonds. The summed E-state index contributed by atoms with van der Waals surface area (Å²) < 4.78 is 36.0. The summed E-state index contributed by atoms with van der Waals surface area (Å²) in [6, 6.07) is 5.84. The van der Waals surface area contributed by atoms with Crippen molar-refractivity contribution < 1.29 is 22.7 Å². The maximum absolute atomic E-state index is 13.8. The van der Waals surface area contributed by atoms with E-state index in [1.807, 2.05) is 43.5 Å². The molecule has 3 rings (SSSR count). The highest BCUT2D eigenvalue weighted by atomic mass is 32.2. The molecular weight excluding hydrogens is 454 g/mol. The molecule has 1 aromatic carbocycles. The minimum atomic E-state index is -4.02. The number of amides is 1. The lowest BCUT2D eigenvalue weighted by atomic mass is 9.98. The fourth-order valence-corrected chi connectivity index (χ4v) is 6.67. The van der Waals surface area contributed by atoms with Crippen LogP contribution in [0.3, 0.4) is 0 Å². The fraction of sp³-hybridized carbons (Fsp3) is 0.520. The van der Waals surface area contributed by atoms with Crippen molar-refractivity contribution in [3.63, 3.8) is 0 Å². The van der Waals surface area contributed by atoms with E-state index in [1.54, 1.807) is 20.8 Å². The molecule has 9 heteroatoms. The highest BCUT2D eigenvalue weighted by molar-refractivity contribution is 7.89. The number of aromatic nitrogens is 1. The average Bonchev–Trinajstić information content (AvgIpc) is 3.06. The molecule has 1 unspecified atom stereocenters. The maximum Gasteiger partial charge on any atom is 0.341 e. The summed E-state index contributed by atoms with van der Waals surface area (Å²) in [6.45, 7) is 12.0. The van der Waals surface area contributed by atoms with Crippen molar-refractivity contribution in [2.24, 2.45) is 5.92 Å². The first-order valence-electron chi connectivity index (χ1n) is 11.8. The Morgan fingerprint density at radius 2 is 1.82 bits per heavy atom. The van der Waals surface area contributed by atoms with Crippen LogP contribution in [0.25, 0.3) is 0 Å². The zero-order valence-corrected chi connectivity index (χ0v) is 21.7. The van der Waals surface area contributed by atoms with Crippen molar-refractivity contribution in [2.45, 2.75) is 65.8 Å². The zero-order valence-electron chi connectivity index (χ0n) is 20.9. The van der Waals surface area contributed by atoms with E-state index >= 15 is 0 Å². The third kappa shape index (κ3) is 4.90. The predicted molar refractivity (Wildman–Crippen MR) is 132 cm³/mol. The van der Waals surface area contributed by atoms with E-state index in [4.69, 9.17) is 4.74 Å². The molecule has 8 nitrogen and oxygen atoms in total. The Morgan fingerprint density at radius 3 is 2.47 bits per heavy atom. The van der Waals surface area contributed by atoms with Crippen molar-refractivity contribution in [3.05, 3.63) is 46.3 Å². The lowest BCUT2D eigenvalue weighted by Gasteiger charge is -2.31. The van der Waals surface area contributed by atoms with Crippen LogP contribution < -0.4 is 5.32 Å². The number of hydrogen-bond donors (Lipinski definition) is 1. The molecule has 0 spiro atoms. The van der Waals surface area contributed by atoms with Crippen molar-refractivity contribution in [1.82, 2.24) is 8.87 Å². The predicted octanol–water partition coefficient (Wildman–Crippen LogP) is 3.96. The minimum Gasteiger partial charge on any atom is -0.462 e. The van der Waals surface area contributed by atoms with E-state index in [1.165, 1.54) is 4.31 Å². The summed E-state index contributed by atoms with van der Waals surface area (Å²) in [4.78, 5) is 25.8. The topological polar surface area (TPSA) is 97.7 Å². The molecule has 0 radical (unpaired) electrons. The summed E-state index contributed by atoms with van der Waals surface area (Å²) in [5.41, 5.74) is 3.88. The molecule has 1 N–H and O–H groups in total. The number of carbonyl (C=O) groups is 2. The van der Waals surface area contributed by atoms with Crippen LogP contribution in [-0.4, -0.2) is 48.9 Å². The van der Waals surface area contributed by atoms with Gasteiger partial charge in [-0.1, -0.05) is 12.1 Å². The summed E-state index contributed by atoms with van der Waals surface area (Å²) >= 11 is 0. The number of sulfonamides is 1. The largest absolute Gasteiger partial charge is 0.462 e. The molecule has 1 saturated heterocycles. The van der Waals surface area contributed by atoms with Gasteiger partial charge in [0.1, 0.15) is 10.5 Å². The number of esters is 1. The molecule has 0 saturated carbocycles. The van der Waals surface area contributed by atoms with Gasteiger partial charge in [-0.2, -0.15) is 4.31 Å². The van der Waals surface area contributed by atoms with E-state index in [0.29, 0.717) is 37.3 Å². The second-order valence-electron chi connectivity index (χ2n) is 8.85. The van der Waals surface area contributed by atoms with E-state index in [-0.39, 0.29) is 29.5 Å². The number of hydrogen-bond acceptors (Lipinski definition) is 5. The van der Waals surface area contributed by atoms with Crippen molar-refractivity contribution in [1.29, 1.82) is 0 Å². The molecular formula is C25H35N3O5S. The van der Waals surface area contributed by atoms with E-state index in [9.17, 15) is 18.0 Å². The lowest BCUT2D eigenvalue weighted by molar-refractivity contribution is -0.120. The van der Waals surface area contributed by atoms with Gasteiger partial charge in [0, 0.05) is 36.7 Å². The number of carbonyl (C=O) groups excluding carboxylic acids is 2. The molecule has 1 atom stereocenters. The first kappa shape index (κ1) is 26.0. The van der Waals surface area contributed by atoms with Gasteiger partial charge in [0.05, 0.1) is 12.5 Å². The van der Waals surface area contributed by atoms with Gasteiger partial charge in [0.2, 0.25) is 15.9 Å². The van der Waals surface area contributed by atoms with Gasteiger partial charge < -0.3 is 14.6 Å². The minimum absolute atomic E-state index is 0.0131. The molecule has 0 bridgehead atoms. The number of ether oxygens (including phenoxy) is 1. The molecule has 1 aliphatic heterocycles. The van der Waals surface area contributed by atoms with Crippen LogP contribution in [0.2, 0.25) is 0 Å². The van der Waals surface area contributed by atoms with Crippen LogP contribution in [0.4, 0.5) is 5.69 Å². The number of benzene rings is 1. The van der Waals surface area contributed by atoms with Crippen molar-refractivity contribution >= 4 is 27.6 Å². The summed E-state index contributed by atoms with van der Waals surface area (Å²) in [5.74, 6) is -1.32. The monoisotopic (exact) mass is 489 g/mol. The van der Waals surface area contributed by atoms with E-state index < -0.39 is 21.9 Å². The third-order valence-electron chi connectivity index (χ3n) is 6.53. The molecule has 1 fully saturated rings. The molecule has 186 valence electrons. The second-order valence-corrected chi connectivity index (χ2v) is 10.7. The Labute approximate surface area is 202 Å². The summed E-state index contributed by atoms with van der Waals surface area (Å²) in [6.07, 6.45) is 1.16. The van der Waals surface area contributed by atoms with Crippen LogP contribution in [-0.2, 0) is 26.1 Å². The summed E-state index contributed by atoms with van der Waals surface area (Å²) in [5, 5.41) is 2.97. The second kappa shape index (κ2) is 10.3. The van der Waals surface area contributed by atoms with Gasteiger partial charge in [-0.15, -0.1) is 0 Å². The molecule has 1 aliphatic rings. The smallest absolute Gasteiger partial charge is 0.341 e. The SMILES string of the molecule is CCOC(=O)c1c(S(=O)(=O)N2CCCC(C(=O)Nc3cc(C)ccc3C)C2)c(C)n(CC)c1C. The normalized spacial score (nSPS) is 16.9. The molecule has 34 heavy (non-hydrogen) atoms. The van der Waals surface area contributed by atoms with Gasteiger partial charge >= 0.3 is 5.97 Å². The van der Waals surface area contributed by atoms with Crippen molar-refractivity contribution in [2.75, 3.05) is 25.0 Å². The van der Waals surface area contributed by atoms with Gasteiger partial charge in [0.15, 0.2) is 0 Å². The van der Waals surface area contributed by atoms with Crippen LogP contribution in [0.1, 0.15) is 59.6 Å². The number of anilines is 1. The number of rotatable bonds is 7. The number of nitrogens with one attached hydrogen (secondary N) is 1. The van der Waals surface area contributed by atoms with E-state index in [0.717, 1.165) is 16.8 Å². The Hall–Kier alpha value is -2.65. The third-order valence-corrected chi connectivity index (χ3v) is 8.55. The number of aryl methyl sites for hydroxylation is 2. The lowest BCUT2D eigenvalue weighted by Crippen LogP contribution is -2.44. The first-order chi connectivity index (χ1) is 16.0. The van der Waals surface area contributed by atoms with Gasteiger partial charge in [0.25, 0.3) is 0 Å². The average molecular weight is 490 g/mol. The van der Waals surface area contributed by atoms with Crippen LogP contribution >= 0.6 is 0 Å². The molecule has 0 aliphatic carbocycles.